The zero-order chi connectivity index (χ0) is 8.55. The number of hydrogen-bond acceptors (Lipinski definition) is 2. The van der Waals surface area contributed by atoms with Crippen LogP contribution < -0.4 is 5.32 Å². The first-order valence-corrected chi connectivity index (χ1v) is 5.06. The summed E-state index contributed by atoms with van der Waals surface area (Å²) in [5.41, 5.74) is 0. The Morgan fingerprint density at radius 3 is 2.83 bits per heavy atom. The van der Waals surface area contributed by atoms with E-state index < -0.39 is 0 Å². The SMILES string of the molecule is CC1=N[C@H]2CC[C@@H](C)CCC2N1. The second kappa shape index (κ2) is 3.08. The second-order valence-corrected chi connectivity index (χ2v) is 4.29. The number of fused-ring (bicyclic) bond motifs is 1. The van der Waals surface area contributed by atoms with Crippen molar-refractivity contribution in [2.45, 2.75) is 51.6 Å². The first-order chi connectivity index (χ1) is 5.75. The number of amidine groups is 1. The smallest absolute Gasteiger partial charge is 0.0938 e. The van der Waals surface area contributed by atoms with Crippen LogP contribution in [-0.4, -0.2) is 17.9 Å². The van der Waals surface area contributed by atoms with Gasteiger partial charge in [0.2, 0.25) is 0 Å². The van der Waals surface area contributed by atoms with Gasteiger partial charge in [0.25, 0.3) is 0 Å². The molecule has 0 aromatic carbocycles. The molecule has 1 heterocycles. The molecule has 1 unspecified atom stereocenters. The van der Waals surface area contributed by atoms with Crippen molar-refractivity contribution in [1.29, 1.82) is 0 Å². The molecular formula is C10H18N2. The lowest BCUT2D eigenvalue weighted by Gasteiger charge is -2.14. The van der Waals surface area contributed by atoms with Crippen molar-refractivity contribution in [3.8, 4) is 0 Å². The van der Waals surface area contributed by atoms with E-state index >= 15 is 0 Å². The topological polar surface area (TPSA) is 24.4 Å². The minimum absolute atomic E-state index is 0.593. The van der Waals surface area contributed by atoms with Crippen LogP contribution in [0.1, 0.15) is 39.5 Å². The zero-order valence-corrected chi connectivity index (χ0v) is 8.01. The van der Waals surface area contributed by atoms with Gasteiger partial charge < -0.3 is 5.32 Å². The van der Waals surface area contributed by atoms with Crippen molar-refractivity contribution in [2.75, 3.05) is 0 Å². The highest BCUT2D eigenvalue weighted by molar-refractivity contribution is 5.81. The minimum Gasteiger partial charge on any atom is -0.369 e. The van der Waals surface area contributed by atoms with Crippen molar-refractivity contribution in [3.63, 3.8) is 0 Å². The van der Waals surface area contributed by atoms with Gasteiger partial charge in [0.1, 0.15) is 0 Å². The first kappa shape index (κ1) is 8.09. The van der Waals surface area contributed by atoms with E-state index in [9.17, 15) is 0 Å². The Labute approximate surface area is 74.5 Å². The van der Waals surface area contributed by atoms with Crippen LogP contribution in [0.15, 0.2) is 4.99 Å². The number of nitrogens with one attached hydrogen (secondary N) is 1. The molecule has 68 valence electrons. The largest absolute Gasteiger partial charge is 0.369 e. The summed E-state index contributed by atoms with van der Waals surface area (Å²) >= 11 is 0. The summed E-state index contributed by atoms with van der Waals surface area (Å²) in [5, 5.41) is 3.47. The summed E-state index contributed by atoms with van der Waals surface area (Å²) in [7, 11) is 0. The van der Waals surface area contributed by atoms with Gasteiger partial charge in [-0.25, -0.2) is 0 Å². The van der Waals surface area contributed by atoms with Gasteiger partial charge in [0.15, 0.2) is 0 Å². The highest BCUT2D eigenvalue weighted by Gasteiger charge is 2.29. The van der Waals surface area contributed by atoms with Gasteiger partial charge in [0.05, 0.1) is 11.9 Å². The van der Waals surface area contributed by atoms with Gasteiger partial charge in [-0.05, 0) is 38.5 Å². The average molecular weight is 166 g/mol. The molecule has 0 spiro atoms. The highest BCUT2D eigenvalue weighted by atomic mass is 15.1. The molecule has 2 nitrogen and oxygen atoms in total. The summed E-state index contributed by atoms with van der Waals surface area (Å²) in [6, 6.07) is 1.25. The van der Waals surface area contributed by atoms with Crippen LogP contribution in [-0.2, 0) is 0 Å². The molecule has 1 aliphatic carbocycles. The lowest BCUT2D eigenvalue weighted by molar-refractivity contribution is 0.489. The Balaban J connectivity index is 2.02. The monoisotopic (exact) mass is 166 g/mol. The fourth-order valence-electron chi connectivity index (χ4n) is 2.33. The van der Waals surface area contributed by atoms with Crippen LogP contribution in [0.5, 0.6) is 0 Å². The Kier molecular flexibility index (Phi) is 2.07. The lowest BCUT2D eigenvalue weighted by atomic mass is 10.0. The van der Waals surface area contributed by atoms with E-state index in [1.807, 2.05) is 0 Å². The molecule has 12 heavy (non-hydrogen) atoms. The Bertz CT molecular complexity index is 198. The van der Waals surface area contributed by atoms with Crippen molar-refractivity contribution in [3.05, 3.63) is 0 Å². The molecule has 0 amide bonds. The van der Waals surface area contributed by atoms with Crippen LogP contribution in [0.4, 0.5) is 0 Å². The Morgan fingerprint density at radius 1 is 1.25 bits per heavy atom. The van der Waals surface area contributed by atoms with Gasteiger partial charge in [0, 0.05) is 6.04 Å². The van der Waals surface area contributed by atoms with Crippen molar-refractivity contribution in [1.82, 2.24) is 5.32 Å². The summed E-state index contributed by atoms with van der Waals surface area (Å²) in [6.07, 6.45) is 5.33. The number of aliphatic imine (C=N–C) groups is 1. The molecule has 0 bridgehead atoms. The molecule has 2 aliphatic rings. The third-order valence-electron chi connectivity index (χ3n) is 3.14. The standard InChI is InChI=1S/C10H18N2/c1-7-3-5-9-10(6-4-7)12-8(2)11-9/h7,9-10H,3-6H2,1-2H3,(H,11,12)/t7-,9+,10?/m1/s1. The van der Waals surface area contributed by atoms with Gasteiger partial charge in [-0.2, -0.15) is 0 Å². The molecule has 1 fully saturated rings. The van der Waals surface area contributed by atoms with Gasteiger partial charge in [-0.1, -0.05) is 6.92 Å². The Hall–Kier alpha value is -0.530. The zero-order valence-electron chi connectivity index (χ0n) is 8.01. The van der Waals surface area contributed by atoms with Crippen LogP contribution in [0.2, 0.25) is 0 Å². The second-order valence-electron chi connectivity index (χ2n) is 4.29. The van der Waals surface area contributed by atoms with E-state index in [0.717, 1.165) is 11.8 Å². The van der Waals surface area contributed by atoms with Crippen LogP contribution in [0.3, 0.4) is 0 Å². The average Bonchev–Trinajstić information content (AvgIpc) is 2.31. The predicted molar refractivity (Wildman–Crippen MR) is 51.5 cm³/mol. The summed E-state index contributed by atoms with van der Waals surface area (Å²) in [5.74, 6) is 2.06. The maximum Gasteiger partial charge on any atom is 0.0938 e. The maximum absolute atomic E-state index is 4.61. The third kappa shape index (κ3) is 1.47. The molecule has 2 heteroatoms. The summed E-state index contributed by atoms with van der Waals surface area (Å²) in [4.78, 5) is 4.61. The molecule has 0 aromatic rings. The minimum atomic E-state index is 0.593. The van der Waals surface area contributed by atoms with E-state index in [1.54, 1.807) is 0 Å². The summed E-state index contributed by atoms with van der Waals surface area (Å²) in [6.45, 7) is 4.44. The fourth-order valence-corrected chi connectivity index (χ4v) is 2.33. The van der Waals surface area contributed by atoms with Gasteiger partial charge in [-0.15, -0.1) is 0 Å². The predicted octanol–water partition coefficient (Wildman–Crippen LogP) is 1.96. The van der Waals surface area contributed by atoms with E-state index in [0.29, 0.717) is 12.1 Å². The Morgan fingerprint density at radius 2 is 2.00 bits per heavy atom. The fraction of sp³-hybridized carbons (Fsp3) is 0.900. The quantitative estimate of drug-likeness (QED) is 0.584. The molecule has 3 atom stereocenters. The van der Waals surface area contributed by atoms with E-state index in [4.69, 9.17) is 0 Å². The molecule has 0 saturated heterocycles. The number of hydrogen-bond donors (Lipinski definition) is 1. The first-order valence-electron chi connectivity index (χ1n) is 5.06. The molecule has 1 N–H and O–H groups in total. The van der Waals surface area contributed by atoms with Crippen LogP contribution >= 0.6 is 0 Å². The number of nitrogens with zero attached hydrogens (tertiary/aromatic N) is 1. The summed E-state index contributed by atoms with van der Waals surface area (Å²) < 4.78 is 0. The molecular weight excluding hydrogens is 148 g/mol. The lowest BCUT2D eigenvalue weighted by Crippen LogP contribution is -2.32. The van der Waals surface area contributed by atoms with E-state index in [2.05, 4.69) is 24.2 Å². The van der Waals surface area contributed by atoms with Crippen molar-refractivity contribution in [2.24, 2.45) is 10.9 Å². The van der Waals surface area contributed by atoms with E-state index in [1.165, 1.54) is 25.7 Å². The van der Waals surface area contributed by atoms with Gasteiger partial charge in [-0.3, -0.25) is 4.99 Å². The highest BCUT2D eigenvalue weighted by Crippen LogP contribution is 2.27. The maximum atomic E-state index is 4.61. The van der Waals surface area contributed by atoms with Crippen LogP contribution in [0, 0.1) is 5.92 Å². The molecule has 1 saturated carbocycles. The van der Waals surface area contributed by atoms with Crippen molar-refractivity contribution >= 4 is 5.84 Å². The molecule has 2 rings (SSSR count). The normalized spacial score (nSPS) is 41.2. The van der Waals surface area contributed by atoms with Crippen molar-refractivity contribution < 1.29 is 0 Å². The third-order valence-corrected chi connectivity index (χ3v) is 3.14. The molecule has 0 radical (unpaired) electrons. The van der Waals surface area contributed by atoms with Gasteiger partial charge >= 0.3 is 0 Å². The van der Waals surface area contributed by atoms with Crippen LogP contribution in [0.25, 0.3) is 0 Å². The molecule has 0 aromatic heterocycles. The number of rotatable bonds is 0. The molecule has 1 aliphatic heterocycles. The van der Waals surface area contributed by atoms with E-state index in [-0.39, 0.29) is 0 Å².